The van der Waals surface area contributed by atoms with E-state index in [0.29, 0.717) is 6.04 Å². The summed E-state index contributed by atoms with van der Waals surface area (Å²) in [5.41, 5.74) is 6.64. The van der Waals surface area contributed by atoms with Crippen molar-refractivity contribution in [1.29, 1.82) is 0 Å². The highest BCUT2D eigenvalue weighted by Gasteiger charge is 2.26. The van der Waals surface area contributed by atoms with Crippen molar-refractivity contribution in [3.63, 3.8) is 0 Å². The minimum Gasteiger partial charge on any atom is -0.394 e. The molecule has 1 saturated carbocycles. The van der Waals surface area contributed by atoms with Gasteiger partial charge in [0, 0.05) is 12.2 Å². The van der Waals surface area contributed by atoms with Gasteiger partial charge in [-0.25, -0.2) is 4.98 Å². The number of aliphatic hydroxyl groups is 1. The third-order valence-corrected chi connectivity index (χ3v) is 2.21. The van der Waals surface area contributed by atoms with Crippen molar-refractivity contribution in [2.75, 3.05) is 6.61 Å². The lowest BCUT2D eigenvalue weighted by Gasteiger charge is -2.10. The van der Waals surface area contributed by atoms with Gasteiger partial charge in [0.25, 0.3) is 0 Å². The molecule has 1 fully saturated rings. The summed E-state index contributed by atoms with van der Waals surface area (Å²) in [7, 11) is 0. The molecule has 4 nitrogen and oxygen atoms in total. The standard InChI is InChI=1S/C8H13N3O/c9-7(4-12)8-3-10-5-11(8)6-1-2-6/h3,5-7,12H,1-2,4,9H2. The van der Waals surface area contributed by atoms with Gasteiger partial charge in [0.2, 0.25) is 0 Å². The summed E-state index contributed by atoms with van der Waals surface area (Å²) in [5, 5.41) is 8.87. The van der Waals surface area contributed by atoms with Gasteiger partial charge in [-0.05, 0) is 12.8 Å². The second kappa shape index (κ2) is 2.88. The van der Waals surface area contributed by atoms with Crippen LogP contribution >= 0.6 is 0 Å². The van der Waals surface area contributed by atoms with Crippen molar-refractivity contribution in [2.45, 2.75) is 24.9 Å². The Hall–Kier alpha value is -0.870. The first kappa shape index (κ1) is 7.76. The molecule has 66 valence electrons. The summed E-state index contributed by atoms with van der Waals surface area (Å²) in [6, 6.07) is 0.299. The molecule has 1 aromatic heterocycles. The van der Waals surface area contributed by atoms with Crippen molar-refractivity contribution < 1.29 is 5.11 Å². The van der Waals surface area contributed by atoms with E-state index >= 15 is 0 Å². The van der Waals surface area contributed by atoms with Gasteiger partial charge in [-0.1, -0.05) is 0 Å². The Kier molecular flexibility index (Phi) is 1.86. The molecule has 3 N–H and O–H groups in total. The van der Waals surface area contributed by atoms with E-state index in [1.165, 1.54) is 12.8 Å². The van der Waals surface area contributed by atoms with Crippen molar-refractivity contribution >= 4 is 0 Å². The summed E-state index contributed by atoms with van der Waals surface area (Å²) in [4.78, 5) is 4.02. The molecule has 1 aliphatic carbocycles. The van der Waals surface area contributed by atoms with Crippen LogP contribution in [0.1, 0.15) is 30.6 Å². The first-order chi connectivity index (χ1) is 5.83. The van der Waals surface area contributed by atoms with E-state index in [0.717, 1.165) is 5.69 Å². The largest absolute Gasteiger partial charge is 0.394 e. The van der Waals surface area contributed by atoms with Gasteiger partial charge < -0.3 is 15.4 Å². The Morgan fingerprint density at radius 2 is 2.50 bits per heavy atom. The topological polar surface area (TPSA) is 64.1 Å². The number of aromatic nitrogens is 2. The van der Waals surface area contributed by atoms with E-state index < -0.39 is 0 Å². The number of imidazole rings is 1. The van der Waals surface area contributed by atoms with Gasteiger partial charge in [0.15, 0.2) is 0 Å². The number of nitrogens with two attached hydrogens (primary N) is 1. The second-order valence-electron chi connectivity index (χ2n) is 3.25. The molecule has 2 rings (SSSR count). The predicted octanol–water partition coefficient (Wildman–Crippen LogP) is 0.210. The van der Waals surface area contributed by atoms with Gasteiger partial charge in [-0.15, -0.1) is 0 Å². The maximum atomic E-state index is 8.87. The van der Waals surface area contributed by atoms with Crippen LogP contribution in [0, 0.1) is 0 Å². The van der Waals surface area contributed by atoms with Crippen LogP contribution in [0.2, 0.25) is 0 Å². The van der Waals surface area contributed by atoms with Crippen LogP contribution in [-0.4, -0.2) is 21.3 Å². The lowest BCUT2D eigenvalue weighted by atomic mass is 10.2. The van der Waals surface area contributed by atoms with Gasteiger partial charge in [-0.3, -0.25) is 0 Å². The third kappa shape index (κ3) is 1.23. The maximum Gasteiger partial charge on any atom is 0.0951 e. The first-order valence-electron chi connectivity index (χ1n) is 4.21. The summed E-state index contributed by atoms with van der Waals surface area (Å²) in [5.74, 6) is 0. The molecular weight excluding hydrogens is 154 g/mol. The van der Waals surface area contributed by atoms with E-state index in [2.05, 4.69) is 9.55 Å². The zero-order valence-electron chi connectivity index (χ0n) is 6.85. The number of aliphatic hydroxyl groups excluding tert-OH is 1. The number of hydrogen-bond acceptors (Lipinski definition) is 3. The van der Waals surface area contributed by atoms with E-state index in [-0.39, 0.29) is 12.6 Å². The summed E-state index contributed by atoms with van der Waals surface area (Å²) in [6.07, 6.45) is 5.95. The van der Waals surface area contributed by atoms with Gasteiger partial charge in [-0.2, -0.15) is 0 Å². The summed E-state index contributed by atoms with van der Waals surface area (Å²) < 4.78 is 2.07. The molecule has 0 aliphatic heterocycles. The average molecular weight is 167 g/mol. The SMILES string of the molecule is NC(CO)c1cncn1C1CC1. The molecule has 0 saturated heterocycles. The fraction of sp³-hybridized carbons (Fsp3) is 0.625. The van der Waals surface area contributed by atoms with E-state index in [4.69, 9.17) is 10.8 Å². The molecule has 0 radical (unpaired) electrons. The fourth-order valence-corrected chi connectivity index (χ4v) is 1.35. The third-order valence-electron chi connectivity index (χ3n) is 2.21. The lowest BCUT2D eigenvalue weighted by molar-refractivity contribution is 0.263. The molecule has 1 atom stereocenters. The number of nitrogens with zero attached hydrogens (tertiary/aromatic N) is 2. The van der Waals surface area contributed by atoms with Crippen molar-refractivity contribution in [2.24, 2.45) is 5.73 Å². The number of hydrogen-bond donors (Lipinski definition) is 2. The number of rotatable bonds is 3. The molecule has 1 unspecified atom stereocenters. The van der Waals surface area contributed by atoms with Crippen molar-refractivity contribution in [3.8, 4) is 0 Å². The van der Waals surface area contributed by atoms with E-state index in [1.54, 1.807) is 12.5 Å². The highest BCUT2D eigenvalue weighted by Crippen LogP contribution is 2.36. The highest BCUT2D eigenvalue weighted by atomic mass is 16.3. The normalized spacial score (nSPS) is 19.5. The summed E-state index contributed by atoms with van der Waals surface area (Å²) >= 11 is 0. The molecule has 4 heteroatoms. The van der Waals surface area contributed by atoms with Gasteiger partial charge in [0.1, 0.15) is 0 Å². The van der Waals surface area contributed by atoms with Crippen LogP contribution in [-0.2, 0) is 0 Å². The molecule has 12 heavy (non-hydrogen) atoms. The van der Waals surface area contributed by atoms with Crippen molar-refractivity contribution in [1.82, 2.24) is 9.55 Å². The minimum atomic E-state index is -0.284. The van der Waals surface area contributed by atoms with Crippen LogP contribution < -0.4 is 5.73 Å². The molecule has 0 aromatic carbocycles. The maximum absolute atomic E-state index is 8.87. The Bertz CT molecular complexity index is 267. The average Bonchev–Trinajstić information content (AvgIpc) is 2.83. The second-order valence-corrected chi connectivity index (χ2v) is 3.25. The Morgan fingerprint density at radius 1 is 1.75 bits per heavy atom. The Morgan fingerprint density at radius 3 is 3.08 bits per heavy atom. The first-order valence-corrected chi connectivity index (χ1v) is 4.21. The Labute approximate surface area is 71.0 Å². The smallest absolute Gasteiger partial charge is 0.0951 e. The van der Waals surface area contributed by atoms with Crippen LogP contribution in [0.25, 0.3) is 0 Å². The lowest BCUT2D eigenvalue weighted by Crippen LogP contribution is -2.18. The van der Waals surface area contributed by atoms with E-state index in [9.17, 15) is 0 Å². The zero-order valence-corrected chi connectivity index (χ0v) is 6.85. The molecule has 1 aromatic rings. The monoisotopic (exact) mass is 167 g/mol. The quantitative estimate of drug-likeness (QED) is 0.676. The Balaban J connectivity index is 2.23. The molecule has 0 amide bonds. The molecule has 0 bridgehead atoms. The highest BCUT2D eigenvalue weighted by molar-refractivity contribution is 5.08. The molecule has 0 spiro atoms. The van der Waals surface area contributed by atoms with Crippen molar-refractivity contribution in [3.05, 3.63) is 18.2 Å². The fourth-order valence-electron chi connectivity index (χ4n) is 1.35. The van der Waals surface area contributed by atoms with E-state index in [1.807, 2.05) is 0 Å². The minimum absolute atomic E-state index is 0.0155. The van der Waals surface area contributed by atoms with Crippen LogP contribution in [0.15, 0.2) is 12.5 Å². The summed E-state index contributed by atoms with van der Waals surface area (Å²) in [6.45, 7) is -0.0155. The van der Waals surface area contributed by atoms with Crippen LogP contribution in [0.3, 0.4) is 0 Å². The van der Waals surface area contributed by atoms with Gasteiger partial charge in [0.05, 0.1) is 24.7 Å². The zero-order chi connectivity index (χ0) is 8.55. The molecule has 1 aliphatic rings. The predicted molar refractivity (Wildman–Crippen MR) is 44.5 cm³/mol. The van der Waals surface area contributed by atoms with Crippen LogP contribution in [0.4, 0.5) is 0 Å². The molecule has 1 heterocycles. The molecular formula is C8H13N3O. The van der Waals surface area contributed by atoms with Crippen LogP contribution in [0.5, 0.6) is 0 Å². The van der Waals surface area contributed by atoms with Gasteiger partial charge >= 0.3 is 0 Å².